The van der Waals surface area contributed by atoms with Crippen molar-refractivity contribution >= 4 is 28.7 Å². The molecule has 2 aromatic carbocycles. The maximum absolute atomic E-state index is 11.9. The van der Waals surface area contributed by atoms with E-state index in [9.17, 15) is 9.59 Å². The largest absolute Gasteiger partial charge is 0.379 e. The van der Waals surface area contributed by atoms with E-state index < -0.39 is 5.91 Å². The highest BCUT2D eigenvalue weighted by Gasteiger charge is 2.13. The molecule has 3 N–H and O–H groups in total. The summed E-state index contributed by atoms with van der Waals surface area (Å²) < 4.78 is 0. The van der Waals surface area contributed by atoms with E-state index in [1.807, 2.05) is 24.3 Å². The van der Waals surface area contributed by atoms with Gasteiger partial charge in [-0.3, -0.25) is 9.59 Å². The van der Waals surface area contributed by atoms with Crippen molar-refractivity contribution in [3.8, 4) is 17.3 Å². The maximum Gasteiger partial charge on any atom is 0.250 e. The molecule has 1 heterocycles. The summed E-state index contributed by atoms with van der Waals surface area (Å²) in [5.74, 6) is -0.576. The molecular formula is C21H16N4O2. The number of amides is 1. The first-order chi connectivity index (χ1) is 13.0. The van der Waals surface area contributed by atoms with Crippen LogP contribution in [0.3, 0.4) is 0 Å². The molecule has 0 radical (unpaired) electrons. The minimum absolute atomic E-state index is 0.193. The van der Waals surface area contributed by atoms with Gasteiger partial charge in [-0.2, -0.15) is 5.26 Å². The number of hydrogen-bond donors (Lipinski definition) is 2. The molecule has 0 aliphatic rings. The SMILES string of the molecule is C=C(C#N)CNc1c(C(N)=O)ccc2ccc(-c3cccc(C=O)n3)cc12. The average Bonchev–Trinajstić information content (AvgIpc) is 2.70. The lowest BCUT2D eigenvalue weighted by Crippen LogP contribution is -2.15. The number of benzene rings is 2. The number of anilines is 1. The van der Waals surface area contributed by atoms with E-state index in [0.29, 0.717) is 34.5 Å². The van der Waals surface area contributed by atoms with Crippen molar-refractivity contribution in [1.29, 1.82) is 5.26 Å². The molecule has 132 valence electrons. The lowest BCUT2D eigenvalue weighted by atomic mass is 9.99. The number of aromatic nitrogens is 1. The Balaban J connectivity index is 2.17. The molecule has 0 unspecified atom stereocenters. The van der Waals surface area contributed by atoms with Crippen LogP contribution in [0, 0.1) is 11.3 Å². The van der Waals surface area contributed by atoms with Crippen LogP contribution in [-0.2, 0) is 0 Å². The number of fused-ring (bicyclic) bond motifs is 1. The number of hydrogen-bond acceptors (Lipinski definition) is 5. The fourth-order valence-corrected chi connectivity index (χ4v) is 2.79. The highest BCUT2D eigenvalue weighted by Crippen LogP contribution is 2.31. The average molecular weight is 356 g/mol. The van der Waals surface area contributed by atoms with Crippen LogP contribution in [0.5, 0.6) is 0 Å². The second kappa shape index (κ2) is 7.50. The second-order valence-electron chi connectivity index (χ2n) is 5.92. The third kappa shape index (κ3) is 3.67. The summed E-state index contributed by atoms with van der Waals surface area (Å²) in [6.45, 7) is 3.84. The van der Waals surface area contributed by atoms with Crippen LogP contribution in [-0.4, -0.2) is 23.7 Å². The number of aldehydes is 1. The first kappa shape index (κ1) is 17.8. The number of nitriles is 1. The van der Waals surface area contributed by atoms with Gasteiger partial charge >= 0.3 is 0 Å². The van der Waals surface area contributed by atoms with Gasteiger partial charge in [0.25, 0.3) is 5.91 Å². The molecule has 0 bridgehead atoms. The van der Waals surface area contributed by atoms with Crippen molar-refractivity contribution in [1.82, 2.24) is 4.98 Å². The van der Waals surface area contributed by atoms with E-state index in [-0.39, 0.29) is 6.54 Å². The Morgan fingerprint density at radius 3 is 2.74 bits per heavy atom. The maximum atomic E-state index is 11.9. The van der Waals surface area contributed by atoms with Crippen molar-refractivity contribution in [3.05, 3.63) is 71.9 Å². The van der Waals surface area contributed by atoms with Crippen LogP contribution >= 0.6 is 0 Å². The van der Waals surface area contributed by atoms with Crippen LogP contribution in [0.4, 0.5) is 5.69 Å². The van der Waals surface area contributed by atoms with Crippen LogP contribution in [0.1, 0.15) is 20.8 Å². The monoisotopic (exact) mass is 356 g/mol. The molecule has 1 aromatic heterocycles. The fraction of sp³-hybridized carbons (Fsp3) is 0.0476. The number of carbonyl (C=O) groups is 2. The molecule has 3 aromatic rings. The predicted molar refractivity (Wildman–Crippen MR) is 104 cm³/mol. The Labute approximate surface area is 155 Å². The molecular weight excluding hydrogens is 340 g/mol. The summed E-state index contributed by atoms with van der Waals surface area (Å²) in [7, 11) is 0. The quantitative estimate of drug-likeness (QED) is 0.520. The van der Waals surface area contributed by atoms with Crippen molar-refractivity contribution in [2.45, 2.75) is 0 Å². The van der Waals surface area contributed by atoms with Gasteiger partial charge in [-0.25, -0.2) is 4.98 Å². The predicted octanol–water partition coefficient (Wildman–Crippen LogP) is 3.30. The normalized spacial score (nSPS) is 10.2. The van der Waals surface area contributed by atoms with Gasteiger partial charge in [-0.15, -0.1) is 0 Å². The van der Waals surface area contributed by atoms with Crippen molar-refractivity contribution in [3.63, 3.8) is 0 Å². The van der Waals surface area contributed by atoms with Gasteiger partial charge in [0.05, 0.1) is 23.0 Å². The zero-order valence-electron chi connectivity index (χ0n) is 14.4. The number of nitrogens with two attached hydrogens (primary N) is 1. The van der Waals surface area contributed by atoms with E-state index in [1.165, 1.54) is 0 Å². The molecule has 0 aliphatic carbocycles. The van der Waals surface area contributed by atoms with Crippen LogP contribution in [0.2, 0.25) is 0 Å². The number of primary amides is 1. The molecule has 6 nitrogen and oxygen atoms in total. The lowest BCUT2D eigenvalue weighted by Gasteiger charge is -2.14. The molecule has 0 aliphatic heterocycles. The van der Waals surface area contributed by atoms with E-state index in [2.05, 4.69) is 16.9 Å². The Bertz CT molecular complexity index is 1110. The van der Waals surface area contributed by atoms with Gasteiger partial charge in [0.2, 0.25) is 0 Å². The highest BCUT2D eigenvalue weighted by molar-refractivity contribution is 6.08. The first-order valence-electron chi connectivity index (χ1n) is 8.14. The number of rotatable bonds is 6. The summed E-state index contributed by atoms with van der Waals surface area (Å²) in [6, 6.07) is 16.3. The second-order valence-corrected chi connectivity index (χ2v) is 5.92. The smallest absolute Gasteiger partial charge is 0.250 e. The van der Waals surface area contributed by atoms with Crippen molar-refractivity contribution < 1.29 is 9.59 Å². The third-order valence-corrected chi connectivity index (χ3v) is 4.11. The first-order valence-corrected chi connectivity index (χ1v) is 8.14. The molecule has 0 saturated heterocycles. The molecule has 1 amide bonds. The van der Waals surface area contributed by atoms with Crippen LogP contribution in [0.25, 0.3) is 22.0 Å². The molecule has 0 spiro atoms. The molecule has 0 atom stereocenters. The minimum Gasteiger partial charge on any atom is -0.379 e. The molecule has 27 heavy (non-hydrogen) atoms. The van der Waals surface area contributed by atoms with E-state index in [0.717, 1.165) is 16.3 Å². The number of nitrogens with zero attached hydrogens (tertiary/aromatic N) is 2. The summed E-state index contributed by atoms with van der Waals surface area (Å²) in [5.41, 5.74) is 8.46. The van der Waals surface area contributed by atoms with Gasteiger partial charge in [-0.05, 0) is 29.7 Å². The number of nitrogens with one attached hydrogen (secondary N) is 1. The van der Waals surface area contributed by atoms with Gasteiger partial charge in [0.1, 0.15) is 5.69 Å². The van der Waals surface area contributed by atoms with Gasteiger partial charge in [0.15, 0.2) is 6.29 Å². The number of pyridine rings is 1. The number of carbonyl (C=O) groups excluding carboxylic acids is 2. The van der Waals surface area contributed by atoms with E-state index in [4.69, 9.17) is 11.0 Å². The summed E-state index contributed by atoms with van der Waals surface area (Å²) >= 11 is 0. The summed E-state index contributed by atoms with van der Waals surface area (Å²) in [5, 5.41) is 13.7. The van der Waals surface area contributed by atoms with Gasteiger partial charge in [-0.1, -0.05) is 30.8 Å². The Morgan fingerprint density at radius 1 is 1.26 bits per heavy atom. The third-order valence-electron chi connectivity index (χ3n) is 4.11. The zero-order chi connectivity index (χ0) is 19.4. The fourth-order valence-electron chi connectivity index (χ4n) is 2.79. The molecule has 6 heteroatoms. The summed E-state index contributed by atoms with van der Waals surface area (Å²) in [6.07, 6.45) is 0.691. The van der Waals surface area contributed by atoms with Crippen molar-refractivity contribution in [2.75, 3.05) is 11.9 Å². The Kier molecular flexibility index (Phi) is 4.95. The Hall–Kier alpha value is -3.98. The topological polar surface area (TPSA) is 109 Å². The molecule has 0 fully saturated rings. The van der Waals surface area contributed by atoms with E-state index >= 15 is 0 Å². The lowest BCUT2D eigenvalue weighted by molar-refractivity contribution is 0.100. The van der Waals surface area contributed by atoms with Crippen molar-refractivity contribution in [2.24, 2.45) is 5.73 Å². The molecule has 3 rings (SSSR count). The minimum atomic E-state index is -0.576. The highest BCUT2D eigenvalue weighted by atomic mass is 16.1. The standard InChI is InChI=1S/C21H16N4O2/c1-13(10-22)11-24-20-17(21(23)27)8-7-14-5-6-15(9-18(14)20)19-4-2-3-16(12-26)25-19/h2-9,12,24H,1,11H2,(H2,23,27). The van der Waals surface area contributed by atoms with Gasteiger partial charge in [0, 0.05) is 23.1 Å². The van der Waals surface area contributed by atoms with E-state index in [1.54, 1.807) is 30.3 Å². The Morgan fingerprint density at radius 2 is 2.04 bits per heavy atom. The van der Waals surface area contributed by atoms with Crippen LogP contribution < -0.4 is 11.1 Å². The summed E-state index contributed by atoms with van der Waals surface area (Å²) in [4.78, 5) is 27.2. The molecule has 0 saturated carbocycles. The van der Waals surface area contributed by atoms with Gasteiger partial charge < -0.3 is 11.1 Å². The zero-order valence-corrected chi connectivity index (χ0v) is 14.4. The van der Waals surface area contributed by atoms with Crippen LogP contribution in [0.15, 0.2) is 60.7 Å².